The number of methoxy groups -OCH3 is 1. The van der Waals surface area contributed by atoms with Crippen LogP contribution in [-0.2, 0) is 4.74 Å². The predicted octanol–water partition coefficient (Wildman–Crippen LogP) is 2.49. The molecule has 1 amide bonds. The summed E-state index contributed by atoms with van der Waals surface area (Å²) in [5.41, 5.74) is 0.198. The molecular formula is C18H28N2O3. The molecule has 3 heterocycles. The molecule has 0 radical (unpaired) electrons. The number of ether oxygens (including phenoxy) is 1. The van der Waals surface area contributed by atoms with Crippen molar-refractivity contribution in [3.63, 3.8) is 0 Å². The Balaban J connectivity index is 1.73. The lowest BCUT2D eigenvalue weighted by Gasteiger charge is -2.43. The number of likely N-dealkylation sites (tertiary alicyclic amines) is 2. The van der Waals surface area contributed by atoms with E-state index >= 15 is 0 Å². The maximum Gasteiger partial charge on any atom is 0.289 e. The molecule has 0 N–H and O–H groups in total. The molecule has 128 valence electrons. The second-order valence-corrected chi connectivity index (χ2v) is 7.31. The zero-order valence-corrected chi connectivity index (χ0v) is 14.5. The molecule has 2 saturated heterocycles. The van der Waals surface area contributed by atoms with Gasteiger partial charge in [0.15, 0.2) is 5.76 Å². The van der Waals surface area contributed by atoms with Crippen LogP contribution in [0, 0.1) is 11.3 Å². The third kappa shape index (κ3) is 3.17. The smallest absolute Gasteiger partial charge is 0.289 e. The topological polar surface area (TPSA) is 45.9 Å². The van der Waals surface area contributed by atoms with Gasteiger partial charge in [-0.15, -0.1) is 0 Å². The lowest BCUT2D eigenvalue weighted by molar-refractivity contribution is 0.0279. The Morgan fingerprint density at radius 2 is 2.17 bits per heavy atom. The van der Waals surface area contributed by atoms with Gasteiger partial charge in [-0.2, -0.15) is 0 Å². The number of carbonyl (C=O) groups excluding carboxylic acids is 1. The molecule has 0 bridgehead atoms. The highest BCUT2D eigenvalue weighted by molar-refractivity contribution is 5.91. The fraction of sp³-hybridized carbons (Fsp3) is 0.722. The van der Waals surface area contributed by atoms with E-state index in [0.717, 1.165) is 45.6 Å². The van der Waals surface area contributed by atoms with Crippen molar-refractivity contribution < 1.29 is 13.9 Å². The number of furan rings is 1. The van der Waals surface area contributed by atoms with Crippen LogP contribution >= 0.6 is 0 Å². The number of carbonyl (C=O) groups is 1. The van der Waals surface area contributed by atoms with Gasteiger partial charge >= 0.3 is 0 Å². The van der Waals surface area contributed by atoms with Crippen molar-refractivity contribution in [2.24, 2.45) is 11.3 Å². The second kappa shape index (κ2) is 6.65. The summed E-state index contributed by atoms with van der Waals surface area (Å²) in [5.74, 6) is 0.873. The molecule has 1 spiro atoms. The van der Waals surface area contributed by atoms with Gasteiger partial charge in [-0.25, -0.2) is 0 Å². The molecule has 3 rings (SSSR count). The maximum absolute atomic E-state index is 12.6. The van der Waals surface area contributed by atoms with Gasteiger partial charge in [-0.1, -0.05) is 0 Å². The zero-order chi connectivity index (χ0) is 16.4. The standard InChI is InChI=1S/C18H28N2O3/c1-14(2)19-8-6-18(7-9-19)13-20(11-15(18)12-22-3)17(21)16-5-4-10-23-16/h4-5,10,14-15H,6-9,11-13H2,1-3H3/t15-/m1/s1. The monoisotopic (exact) mass is 320 g/mol. The third-order valence-electron chi connectivity index (χ3n) is 5.72. The van der Waals surface area contributed by atoms with Crippen LogP contribution in [0.2, 0.25) is 0 Å². The summed E-state index contributed by atoms with van der Waals surface area (Å²) in [6, 6.07) is 4.11. The van der Waals surface area contributed by atoms with Crippen LogP contribution in [0.3, 0.4) is 0 Å². The molecule has 1 atom stereocenters. The molecule has 2 aliphatic rings. The van der Waals surface area contributed by atoms with E-state index in [1.807, 2.05) is 4.90 Å². The van der Waals surface area contributed by atoms with Crippen molar-refractivity contribution in [1.82, 2.24) is 9.80 Å². The van der Waals surface area contributed by atoms with Gasteiger partial charge in [0.25, 0.3) is 5.91 Å². The largest absolute Gasteiger partial charge is 0.459 e. The van der Waals surface area contributed by atoms with Crippen LogP contribution < -0.4 is 0 Å². The molecular weight excluding hydrogens is 292 g/mol. The van der Waals surface area contributed by atoms with E-state index in [-0.39, 0.29) is 11.3 Å². The third-order valence-corrected chi connectivity index (χ3v) is 5.72. The fourth-order valence-corrected chi connectivity index (χ4v) is 4.23. The molecule has 0 saturated carbocycles. The predicted molar refractivity (Wildman–Crippen MR) is 88.4 cm³/mol. The van der Waals surface area contributed by atoms with Gasteiger partial charge in [0.2, 0.25) is 0 Å². The maximum atomic E-state index is 12.6. The second-order valence-electron chi connectivity index (χ2n) is 7.31. The highest BCUT2D eigenvalue weighted by Crippen LogP contribution is 2.45. The van der Waals surface area contributed by atoms with Crippen molar-refractivity contribution in [3.05, 3.63) is 24.2 Å². The molecule has 1 aromatic heterocycles. The molecule has 5 nitrogen and oxygen atoms in total. The lowest BCUT2D eigenvalue weighted by atomic mass is 9.71. The van der Waals surface area contributed by atoms with Crippen molar-refractivity contribution in [3.8, 4) is 0 Å². The summed E-state index contributed by atoms with van der Waals surface area (Å²) >= 11 is 0. The zero-order valence-electron chi connectivity index (χ0n) is 14.5. The van der Waals surface area contributed by atoms with E-state index in [1.54, 1.807) is 25.5 Å². The number of rotatable bonds is 4. The van der Waals surface area contributed by atoms with Crippen LogP contribution in [-0.4, -0.2) is 61.6 Å². The van der Waals surface area contributed by atoms with Crippen molar-refractivity contribution in [2.45, 2.75) is 32.7 Å². The van der Waals surface area contributed by atoms with E-state index in [2.05, 4.69) is 18.7 Å². The van der Waals surface area contributed by atoms with Crippen LogP contribution in [0.5, 0.6) is 0 Å². The molecule has 2 fully saturated rings. The van der Waals surface area contributed by atoms with Crippen molar-refractivity contribution in [2.75, 3.05) is 39.9 Å². The van der Waals surface area contributed by atoms with E-state index in [1.165, 1.54) is 0 Å². The SMILES string of the molecule is COC[C@H]1CN(C(=O)c2ccco2)CC12CCN(C(C)C)CC2. The van der Waals surface area contributed by atoms with Crippen molar-refractivity contribution in [1.29, 1.82) is 0 Å². The normalized spacial score (nSPS) is 24.7. The Morgan fingerprint density at radius 1 is 1.43 bits per heavy atom. The Labute approximate surface area is 138 Å². The molecule has 0 aliphatic carbocycles. The van der Waals surface area contributed by atoms with Gasteiger partial charge in [0, 0.05) is 32.2 Å². The van der Waals surface area contributed by atoms with Gasteiger partial charge in [0.1, 0.15) is 0 Å². The minimum Gasteiger partial charge on any atom is -0.459 e. The fourth-order valence-electron chi connectivity index (χ4n) is 4.23. The molecule has 5 heteroatoms. The van der Waals surface area contributed by atoms with Gasteiger partial charge in [0.05, 0.1) is 12.9 Å². The summed E-state index contributed by atoms with van der Waals surface area (Å²) in [6.07, 6.45) is 3.84. The first kappa shape index (κ1) is 16.5. The minimum absolute atomic E-state index is 0.0132. The number of amides is 1. The molecule has 2 aliphatic heterocycles. The van der Waals surface area contributed by atoms with E-state index in [0.29, 0.717) is 17.7 Å². The van der Waals surface area contributed by atoms with E-state index in [9.17, 15) is 4.79 Å². The van der Waals surface area contributed by atoms with Gasteiger partial charge < -0.3 is 19.0 Å². The Morgan fingerprint density at radius 3 is 2.74 bits per heavy atom. The quantitative estimate of drug-likeness (QED) is 0.855. The van der Waals surface area contributed by atoms with Crippen LogP contribution in [0.4, 0.5) is 0 Å². The molecule has 1 aromatic rings. The van der Waals surface area contributed by atoms with E-state index < -0.39 is 0 Å². The summed E-state index contributed by atoms with van der Waals surface area (Å²) in [6.45, 7) is 9.06. The molecule has 0 aromatic carbocycles. The molecule has 0 unspecified atom stereocenters. The summed E-state index contributed by atoms with van der Waals surface area (Å²) < 4.78 is 10.8. The number of hydrogen-bond acceptors (Lipinski definition) is 4. The summed E-state index contributed by atoms with van der Waals surface area (Å²) in [4.78, 5) is 17.1. The van der Waals surface area contributed by atoms with Crippen LogP contribution in [0.15, 0.2) is 22.8 Å². The summed E-state index contributed by atoms with van der Waals surface area (Å²) in [5, 5.41) is 0. The Hall–Kier alpha value is -1.33. The minimum atomic E-state index is 0.0132. The van der Waals surface area contributed by atoms with Gasteiger partial charge in [-0.05, 0) is 57.3 Å². The van der Waals surface area contributed by atoms with Crippen molar-refractivity contribution >= 4 is 5.91 Å². The Kier molecular flexibility index (Phi) is 4.78. The average molecular weight is 320 g/mol. The first-order valence-electron chi connectivity index (χ1n) is 8.61. The summed E-state index contributed by atoms with van der Waals surface area (Å²) in [7, 11) is 1.76. The highest BCUT2D eigenvalue weighted by atomic mass is 16.5. The average Bonchev–Trinajstić information content (AvgIpc) is 3.17. The van der Waals surface area contributed by atoms with Gasteiger partial charge in [-0.3, -0.25) is 4.79 Å². The number of piperidine rings is 1. The Bertz CT molecular complexity index is 518. The lowest BCUT2D eigenvalue weighted by Crippen LogP contribution is -2.47. The number of hydrogen-bond donors (Lipinski definition) is 0. The van der Waals surface area contributed by atoms with Crippen LogP contribution in [0.25, 0.3) is 0 Å². The first-order valence-corrected chi connectivity index (χ1v) is 8.61. The molecule has 23 heavy (non-hydrogen) atoms. The number of nitrogens with zero attached hydrogens (tertiary/aromatic N) is 2. The van der Waals surface area contributed by atoms with E-state index in [4.69, 9.17) is 9.15 Å². The van der Waals surface area contributed by atoms with Crippen LogP contribution in [0.1, 0.15) is 37.2 Å². The first-order chi connectivity index (χ1) is 11.1. The highest BCUT2D eigenvalue weighted by Gasteiger charge is 2.49.